The maximum atomic E-state index is 12.2. The lowest BCUT2D eigenvalue weighted by molar-refractivity contribution is 0.262. The summed E-state index contributed by atoms with van der Waals surface area (Å²) in [6, 6.07) is 19.3. The summed E-state index contributed by atoms with van der Waals surface area (Å²) in [7, 11) is 0. The molecule has 2 heterocycles. The van der Waals surface area contributed by atoms with Crippen LogP contribution in [0, 0.1) is 13.8 Å². The van der Waals surface area contributed by atoms with E-state index in [-0.39, 0.29) is 6.03 Å². The fourth-order valence-corrected chi connectivity index (χ4v) is 3.14. The summed E-state index contributed by atoms with van der Waals surface area (Å²) in [6.45, 7) is 4.02. The molecular weight excluding hydrogens is 336 g/mol. The van der Waals surface area contributed by atoms with Crippen LogP contribution in [0.2, 0.25) is 0 Å². The van der Waals surface area contributed by atoms with Gasteiger partial charge in [0, 0.05) is 29.3 Å². The number of anilines is 2. The number of carbonyl (C=O) groups is 1. The van der Waals surface area contributed by atoms with Crippen LogP contribution in [0.4, 0.5) is 16.2 Å². The third-order valence-corrected chi connectivity index (χ3v) is 4.28. The van der Waals surface area contributed by atoms with Gasteiger partial charge in [-0.05, 0) is 61.4 Å². The number of amides is 2. The quantitative estimate of drug-likeness (QED) is 0.526. The van der Waals surface area contributed by atoms with Gasteiger partial charge in [-0.25, -0.2) is 9.78 Å². The third-order valence-electron chi connectivity index (χ3n) is 4.28. The lowest BCUT2D eigenvalue weighted by atomic mass is 10.1. The second kappa shape index (κ2) is 6.96. The molecule has 0 saturated heterocycles. The number of nitrogens with one attached hydrogen (secondary N) is 2. The standard InChI is InChI=1S/C22H20N4O/c1-15-11-16(2)13-19(12-15)24-22(27)23-18-8-6-17(7-9-18)20-14-26-10-4-3-5-21(26)25-20/h3-14H,1-2H3,(H2,23,24,27). The van der Waals surface area contributed by atoms with Crippen LogP contribution >= 0.6 is 0 Å². The van der Waals surface area contributed by atoms with E-state index in [1.165, 1.54) is 0 Å². The van der Waals surface area contributed by atoms with Crippen molar-refractivity contribution in [2.75, 3.05) is 10.6 Å². The van der Waals surface area contributed by atoms with E-state index in [2.05, 4.69) is 21.7 Å². The Morgan fingerprint density at radius 3 is 2.30 bits per heavy atom. The summed E-state index contributed by atoms with van der Waals surface area (Å²) in [6.07, 6.45) is 3.96. The second-order valence-corrected chi connectivity index (χ2v) is 6.63. The van der Waals surface area contributed by atoms with Crippen LogP contribution in [-0.4, -0.2) is 15.4 Å². The number of nitrogens with zero attached hydrogens (tertiary/aromatic N) is 2. The number of hydrogen-bond acceptors (Lipinski definition) is 2. The number of benzene rings is 2. The van der Waals surface area contributed by atoms with Crippen molar-refractivity contribution in [1.29, 1.82) is 0 Å². The molecule has 0 fully saturated rings. The zero-order chi connectivity index (χ0) is 18.8. The molecule has 4 aromatic rings. The maximum Gasteiger partial charge on any atom is 0.323 e. The number of carbonyl (C=O) groups excluding carboxylic acids is 1. The van der Waals surface area contributed by atoms with Gasteiger partial charge in [-0.15, -0.1) is 0 Å². The number of rotatable bonds is 3. The van der Waals surface area contributed by atoms with E-state index >= 15 is 0 Å². The molecule has 2 aromatic heterocycles. The highest BCUT2D eigenvalue weighted by molar-refractivity contribution is 6.00. The number of hydrogen-bond donors (Lipinski definition) is 2. The molecule has 5 nitrogen and oxygen atoms in total. The molecule has 0 unspecified atom stereocenters. The molecule has 0 aliphatic rings. The van der Waals surface area contributed by atoms with Crippen molar-refractivity contribution >= 4 is 23.1 Å². The summed E-state index contributed by atoms with van der Waals surface area (Å²) in [5.74, 6) is 0. The summed E-state index contributed by atoms with van der Waals surface area (Å²) in [4.78, 5) is 16.8. The smallest absolute Gasteiger partial charge is 0.308 e. The van der Waals surface area contributed by atoms with E-state index in [4.69, 9.17) is 0 Å². The first-order valence-corrected chi connectivity index (χ1v) is 8.77. The fraction of sp³-hybridized carbons (Fsp3) is 0.0909. The Labute approximate surface area is 157 Å². The van der Waals surface area contributed by atoms with Gasteiger partial charge in [0.05, 0.1) is 5.69 Å². The van der Waals surface area contributed by atoms with E-state index in [1.807, 2.05) is 85.2 Å². The first-order valence-electron chi connectivity index (χ1n) is 8.77. The van der Waals surface area contributed by atoms with Crippen molar-refractivity contribution in [2.24, 2.45) is 0 Å². The lowest BCUT2D eigenvalue weighted by Crippen LogP contribution is -2.19. The minimum atomic E-state index is -0.263. The normalized spacial score (nSPS) is 10.7. The molecular formula is C22H20N4O. The van der Waals surface area contributed by atoms with Gasteiger partial charge in [-0.2, -0.15) is 0 Å². The van der Waals surface area contributed by atoms with Gasteiger partial charge in [-0.3, -0.25) is 0 Å². The number of fused-ring (bicyclic) bond motifs is 1. The highest BCUT2D eigenvalue weighted by atomic mass is 16.2. The highest BCUT2D eigenvalue weighted by Gasteiger charge is 2.06. The second-order valence-electron chi connectivity index (χ2n) is 6.63. The van der Waals surface area contributed by atoms with Gasteiger partial charge in [0.25, 0.3) is 0 Å². The molecule has 4 rings (SSSR count). The maximum absolute atomic E-state index is 12.2. The molecule has 134 valence electrons. The van der Waals surface area contributed by atoms with Crippen LogP contribution in [0.1, 0.15) is 11.1 Å². The molecule has 2 aromatic carbocycles. The summed E-state index contributed by atoms with van der Waals surface area (Å²) < 4.78 is 1.98. The Morgan fingerprint density at radius 2 is 1.59 bits per heavy atom. The molecule has 5 heteroatoms. The van der Waals surface area contributed by atoms with Gasteiger partial charge in [0.2, 0.25) is 0 Å². The first-order chi connectivity index (χ1) is 13.1. The lowest BCUT2D eigenvalue weighted by Gasteiger charge is -2.09. The molecule has 2 amide bonds. The number of aromatic nitrogens is 2. The molecule has 2 N–H and O–H groups in total. The molecule has 0 atom stereocenters. The predicted molar refractivity (Wildman–Crippen MR) is 109 cm³/mol. The number of urea groups is 1. The van der Waals surface area contributed by atoms with Crippen LogP contribution < -0.4 is 10.6 Å². The summed E-state index contributed by atoms with van der Waals surface area (Å²) in [5, 5.41) is 5.73. The summed E-state index contributed by atoms with van der Waals surface area (Å²) >= 11 is 0. The van der Waals surface area contributed by atoms with Crippen LogP contribution in [0.15, 0.2) is 73.1 Å². The Kier molecular flexibility index (Phi) is 4.34. The Balaban J connectivity index is 1.46. The van der Waals surface area contributed by atoms with Gasteiger partial charge < -0.3 is 15.0 Å². The summed E-state index contributed by atoms with van der Waals surface area (Å²) in [5.41, 5.74) is 6.54. The van der Waals surface area contributed by atoms with Crippen molar-refractivity contribution in [3.63, 3.8) is 0 Å². The molecule has 0 radical (unpaired) electrons. The minimum absolute atomic E-state index is 0.263. The molecule has 0 spiro atoms. The van der Waals surface area contributed by atoms with Crippen molar-refractivity contribution < 1.29 is 4.79 Å². The minimum Gasteiger partial charge on any atom is -0.308 e. The topological polar surface area (TPSA) is 58.4 Å². The van der Waals surface area contributed by atoms with Crippen LogP contribution in [0.3, 0.4) is 0 Å². The Bertz CT molecular complexity index is 1060. The van der Waals surface area contributed by atoms with Crippen LogP contribution in [0.5, 0.6) is 0 Å². The molecule has 27 heavy (non-hydrogen) atoms. The average molecular weight is 356 g/mol. The van der Waals surface area contributed by atoms with Crippen molar-refractivity contribution in [1.82, 2.24) is 9.38 Å². The van der Waals surface area contributed by atoms with Gasteiger partial charge in [0.1, 0.15) is 5.65 Å². The van der Waals surface area contributed by atoms with Crippen molar-refractivity contribution in [3.8, 4) is 11.3 Å². The molecule has 0 aliphatic heterocycles. The Morgan fingerprint density at radius 1 is 0.889 bits per heavy atom. The van der Waals surface area contributed by atoms with E-state index in [1.54, 1.807) is 0 Å². The fourth-order valence-electron chi connectivity index (χ4n) is 3.14. The largest absolute Gasteiger partial charge is 0.323 e. The molecule has 0 aliphatic carbocycles. The molecule has 0 bridgehead atoms. The van der Waals surface area contributed by atoms with Gasteiger partial charge >= 0.3 is 6.03 Å². The van der Waals surface area contributed by atoms with Gasteiger partial charge in [0.15, 0.2) is 0 Å². The van der Waals surface area contributed by atoms with E-state index < -0.39 is 0 Å². The number of aryl methyl sites for hydroxylation is 2. The van der Waals surface area contributed by atoms with Crippen LogP contribution in [0.25, 0.3) is 16.9 Å². The Hall–Kier alpha value is -3.60. The van der Waals surface area contributed by atoms with Crippen LogP contribution in [-0.2, 0) is 0 Å². The zero-order valence-electron chi connectivity index (χ0n) is 15.2. The SMILES string of the molecule is Cc1cc(C)cc(NC(=O)Nc2ccc(-c3cn4ccccc4n3)cc2)c1. The molecule has 0 saturated carbocycles. The van der Waals surface area contributed by atoms with Gasteiger partial charge in [-0.1, -0.05) is 24.3 Å². The predicted octanol–water partition coefficient (Wildman–Crippen LogP) is 5.26. The van der Waals surface area contributed by atoms with E-state index in [0.29, 0.717) is 0 Å². The average Bonchev–Trinajstić information content (AvgIpc) is 3.05. The van der Waals surface area contributed by atoms with E-state index in [0.717, 1.165) is 39.4 Å². The first kappa shape index (κ1) is 16.8. The monoisotopic (exact) mass is 356 g/mol. The number of pyridine rings is 1. The third kappa shape index (κ3) is 3.82. The van der Waals surface area contributed by atoms with Crippen molar-refractivity contribution in [3.05, 3.63) is 84.2 Å². The number of imidazole rings is 1. The van der Waals surface area contributed by atoms with E-state index in [9.17, 15) is 4.79 Å². The highest BCUT2D eigenvalue weighted by Crippen LogP contribution is 2.21. The van der Waals surface area contributed by atoms with Crippen molar-refractivity contribution in [2.45, 2.75) is 13.8 Å². The zero-order valence-corrected chi connectivity index (χ0v) is 15.2.